The van der Waals surface area contributed by atoms with Crippen LogP contribution in [0.4, 0.5) is 0 Å². The highest BCUT2D eigenvalue weighted by Crippen LogP contribution is 2.31. The fraction of sp³-hybridized carbons (Fsp3) is 0.704. The summed E-state index contributed by atoms with van der Waals surface area (Å²) in [5.74, 6) is 1.37. The van der Waals surface area contributed by atoms with Crippen LogP contribution in [0.2, 0.25) is 0 Å². The van der Waals surface area contributed by atoms with Crippen molar-refractivity contribution >= 4 is 0 Å². The van der Waals surface area contributed by atoms with Gasteiger partial charge < -0.3 is 34.6 Å². The Morgan fingerprint density at radius 1 is 1.06 bits per heavy atom. The topological polar surface area (TPSA) is 109 Å². The molecule has 1 aromatic carbocycles. The molecule has 2 aliphatic rings. The van der Waals surface area contributed by atoms with Gasteiger partial charge >= 0.3 is 0 Å². The molecule has 34 heavy (non-hydrogen) atoms. The van der Waals surface area contributed by atoms with E-state index in [2.05, 4.69) is 6.58 Å². The number of hydrogen-bond donors (Lipinski definition) is 4. The number of unbranched alkanes of at least 4 members (excludes halogenated alkanes) is 1. The molecule has 6 unspecified atom stereocenters. The fourth-order valence-corrected chi connectivity index (χ4v) is 4.98. The van der Waals surface area contributed by atoms with Crippen LogP contribution in [-0.2, 0) is 15.9 Å². The Morgan fingerprint density at radius 2 is 1.79 bits per heavy atom. The van der Waals surface area contributed by atoms with Gasteiger partial charge in [0.2, 0.25) is 6.29 Å². The molecule has 1 saturated heterocycles. The van der Waals surface area contributed by atoms with E-state index in [0.29, 0.717) is 18.8 Å². The van der Waals surface area contributed by atoms with Gasteiger partial charge in [0.15, 0.2) is 0 Å². The van der Waals surface area contributed by atoms with Crippen LogP contribution < -0.4 is 4.74 Å². The molecule has 1 aromatic rings. The molecule has 0 amide bonds. The molecule has 0 aromatic heterocycles. The van der Waals surface area contributed by atoms with Gasteiger partial charge in [0.1, 0.15) is 30.2 Å². The minimum Gasteiger partial charge on any atom is -0.462 e. The highest BCUT2D eigenvalue weighted by atomic mass is 16.7. The van der Waals surface area contributed by atoms with E-state index < -0.39 is 36.8 Å². The SMILES string of the molecule is C=CCc1ccc(OC2OC(C(O)CCCO)C(O)C(O)C2OCCCCC2CCCC2)cc1. The number of hydrogen-bond acceptors (Lipinski definition) is 7. The standard InChI is InChI=1S/C27H42O7/c1-2-8-19-13-15-21(16-14-19)33-27-26(32-18-6-5-11-20-9-3-4-10-20)24(31)23(30)25(34-27)22(29)12-7-17-28/h2,13-16,20,22-31H,1,3-12,17-18H2. The van der Waals surface area contributed by atoms with Crippen LogP contribution in [0, 0.1) is 5.92 Å². The van der Waals surface area contributed by atoms with E-state index in [1.165, 1.54) is 32.1 Å². The summed E-state index contributed by atoms with van der Waals surface area (Å²) in [6, 6.07) is 7.49. The Kier molecular flexibility index (Phi) is 11.3. The zero-order valence-corrected chi connectivity index (χ0v) is 20.1. The Morgan fingerprint density at radius 3 is 2.47 bits per heavy atom. The number of rotatable bonds is 14. The number of ether oxygens (including phenoxy) is 3. The third kappa shape index (κ3) is 7.77. The highest BCUT2D eigenvalue weighted by molar-refractivity contribution is 5.28. The van der Waals surface area contributed by atoms with Gasteiger partial charge in [-0.1, -0.05) is 56.7 Å². The lowest BCUT2D eigenvalue weighted by Crippen LogP contribution is -2.62. The van der Waals surface area contributed by atoms with Gasteiger partial charge in [0.25, 0.3) is 0 Å². The van der Waals surface area contributed by atoms with Crippen LogP contribution >= 0.6 is 0 Å². The maximum atomic E-state index is 10.9. The first-order valence-electron chi connectivity index (χ1n) is 12.8. The Hall–Kier alpha value is -1.48. The van der Waals surface area contributed by atoms with Crippen molar-refractivity contribution in [3.05, 3.63) is 42.5 Å². The largest absolute Gasteiger partial charge is 0.462 e. The summed E-state index contributed by atoms with van der Waals surface area (Å²) < 4.78 is 18.0. The van der Waals surface area contributed by atoms with Crippen LogP contribution in [0.3, 0.4) is 0 Å². The van der Waals surface area contributed by atoms with E-state index >= 15 is 0 Å². The average Bonchev–Trinajstić information content (AvgIpc) is 3.36. The van der Waals surface area contributed by atoms with Gasteiger partial charge in [-0.25, -0.2) is 0 Å². The highest BCUT2D eigenvalue weighted by Gasteiger charge is 2.48. The van der Waals surface area contributed by atoms with Crippen molar-refractivity contribution in [2.45, 2.75) is 101 Å². The minimum atomic E-state index is -1.33. The van der Waals surface area contributed by atoms with Crippen molar-refractivity contribution < 1.29 is 34.6 Å². The number of aliphatic hydroxyl groups excluding tert-OH is 4. The monoisotopic (exact) mass is 478 g/mol. The summed E-state index contributed by atoms with van der Waals surface area (Å²) in [5, 5.41) is 41.1. The van der Waals surface area contributed by atoms with Crippen molar-refractivity contribution in [2.75, 3.05) is 13.2 Å². The lowest BCUT2D eigenvalue weighted by molar-refractivity contribution is -0.297. The molecule has 3 rings (SSSR count). The second-order valence-corrected chi connectivity index (χ2v) is 9.62. The first kappa shape index (κ1) is 27.1. The number of benzene rings is 1. The molecule has 2 fully saturated rings. The molecule has 1 saturated carbocycles. The molecule has 4 N–H and O–H groups in total. The van der Waals surface area contributed by atoms with Crippen LogP contribution in [0.15, 0.2) is 36.9 Å². The molecule has 1 aliphatic carbocycles. The normalized spacial score (nSPS) is 28.6. The number of aliphatic hydroxyl groups is 4. The molecule has 1 aliphatic heterocycles. The van der Waals surface area contributed by atoms with Crippen molar-refractivity contribution in [3.63, 3.8) is 0 Å². The molecule has 1 heterocycles. The molecular formula is C27H42O7. The smallest absolute Gasteiger partial charge is 0.229 e. The van der Waals surface area contributed by atoms with Crippen molar-refractivity contribution in [3.8, 4) is 5.75 Å². The van der Waals surface area contributed by atoms with E-state index in [1.54, 1.807) is 0 Å². The lowest BCUT2D eigenvalue weighted by Gasteiger charge is -2.43. The summed E-state index contributed by atoms with van der Waals surface area (Å²) in [7, 11) is 0. The van der Waals surface area contributed by atoms with E-state index in [0.717, 1.165) is 30.7 Å². The maximum absolute atomic E-state index is 10.9. The molecule has 7 heteroatoms. The fourth-order valence-electron chi connectivity index (χ4n) is 4.98. The van der Waals surface area contributed by atoms with E-state index in [1.807, 2.05) is 30.3 Å². The summed E-state index contributed by atoms with van der Waals surface area (Å²) in [5.41, 5.74) is 1.09. The quantitative estimate of drug-likeness (QED) is 0.240. The van der Waals surface area contributed by atoms with Gasteiger partial charge in [-0.3, -0.25) is 0 Å². The summed E-state index contributed by atoms with van der Waals surface area (Å²) in [4.78, 5) is 0. The van der Waals surface area contributed by atoms with Crippen LogP contribution in [0.25, 0.3) is 0 Å². The third-order valence-electron chi connectivity index (χ3n) is 6.97. The van der Waals surface area contributed by atoms with E-state index in [9.17, 15) is 15.3 Å². The lowest BCUT2D eigenvalue weighted by atomic mass is 9.93. The molecule has 6 atom stereocenters. The zero-order valence-electron chi connectivity index (χ0n) is 20.1. The molecule has 0 bridgehead atoms. The molecule has 7 nitrogen and oxygen atoms in total. The maximum Gasteiger partial charge on any atom is 0.229 e. The van der Waals surface area contributed by atoms with E-state index in [4.69, 9.17) is 19.3 Å². The average molecular weight is 479 g/mol. The predicted molar refractivity (Wildman–Crippen MR) is 130 cm³/mol. The van der Waals surface area contributed by atoms with Crippen molar-refractivity contribution in [1.29, 1.82) is 0 Å². The molecule has 0 radical (unpaired) electrons. The molecular weight excluding hydrogens is 436 g/mol. The summed E-state index contributed by atoms with van der Waals surface area (Å²) in [6.45, 7) is 4.10. The van der Waals surface area contributed by atoms with Crippen molar-refractivity contribution in [1.82, 2.24) is 0 Å². The molecule has 0 spiro atoms. The first-order chi connectivity index (χ1) is 16.5. The first-order valence-corrected chi connectivity index (χ1v) is 12.8. The second-order valence-electron chi connectivity index (χ2n) is 9.62. The van der Waals surface area contributed by atoms with Crippen LogP contribution in [0.5, 0.6) is 5.75 Å². The second kappa shape index (κ2) is 14.2. The van der Waals surface area contributed by atoms with Crippen LogP contribution in [-0.4, -0.2) is 70.4 Å². The predicted octanol–water partition coefficient (Wildman–Crippen LogP) is 3.12. The molecule has 192 valence electrons. The number of allylic oxidation sites excluding steroid dienone is 1. The zero-order chi connectivity index (χ0) is 24.3. The van der Waals surface area contributed by atoms with Gasteiger partial charge in [0, 0.05) is 13.2 Å². The van der Waals surface area contributed by atoms with Gasteiger partial charge in [-0.15, -0.1) is 6.58 Å². The van der Waals surface area contributed by atoms with Gasteiger partial charge in [-0.2, -0.15) is 0 Å². The minimum absolute atomic E-state index is 0.0774. The van der Waals surface area contributed by atoms with E-state index in [-0.39, 0.29) is 13.0 Å². The Bertz CT molecular complexity index is 703. The van der Waals surface area contributed by atoms with Crippen LogP contribution in [0.1, 0.15) is 63.4 Å². The summed E-state index contributed by atoms with van der Waals surface area (Å²) in [6.07, 6.45) is 5.03. The Balaban J connectivity index is 1.62. The van der Waals surface area contributed by atoms with Gasteiger partial charge in [-0.05, 0) is 49.3 Å². The third-order valence-corrected chi connectivity index (χ3v) is 6.97. The Labute approximate surface area is 203 Å². The van der Waals surface area contributed by atoms with Crippen molar-refractivity contribution in [2.24, 2.45) is 5.92 Å². The summed E-state index contributed by atoms with van der Waals surface area (Å²) >= 11 is 0. The van der Waals surface area contributed by atoms with Gasteiger partial charge in [0.05, 0.1) is 6.10 Å².